The van der Waals surface area contributed by atoms with Gasteiger partial charge in [0.15, 0.2) is 0 Å². The fraction of sp³-hybridized carbons (Fsp3) is 0.500. The van der Waals surface area contributed by atoms with Gasteiger partial charge in [-0.25, -0.2) is 4.98 Å². The molecule has 5 nitrogen and oxygen atoms in total. The molecule has 2 aromatic heterocycles. The summed E-state index contributed by atoms with van der Waals surface area (Å²) >= 11 is 1.66. The molecule has 24 heavy (non-hydrogen) atoms. The van der Waals surface area contributed by atoms with E-state index in [0.29, 0.717) is 6.54 Å². The predicted octanol–water partition coefficient (Wildman–Crippen LogP) is 2.86. The Morgan fingerprint density at radius 2 is 2.29 bits per heavy atom. The Morgan fingerprint density at radius 3 is 3.00 bits per heavy atom. The monoisotopic (exact) mass is 344 g/mol. The van der Waals surface area contributed by atoms with Gasteiger partial charge in [0, 0.05) is 37.1 Å². The average molecular weight is 344 g/mol. The van der Waals surface area contributed by atoms with Gasteiger partial charge in [-0.15, -0.1) is 11.3 Å². The van der Waals surface area contributed by atoms with Crippen LogP contribution in [0.15, 0.2) is 30.7 Å². The number of hydrogen-bond acceptors (Lipinski definition) is 5. The Balaban J connectivity index is 1.66. The number of amides is 1. The third-order valence-electron chi connectivity index (χ3n) is 4.45. The molecule has 0 spiro atoms. The number of likely N-dealkylation sites (N-methyl/N-ethyl adjacent to an activating group) is 1. The summed E-state index contributed by atoms with van der Waals surface area (Å²) in [4.78, 5) is 26.7. The van der Waals surface area contributed by atoms with E-state index in [1.165, 1.54) is 0 Å². The fourth-order valence-corrected chi connectivity index (χ4v) is 4.08. The number of carbonyl (C=O) groups excluding carboxylic acids is 1. The van der Waals surface area contributed by atoms with Crippen molar-refractivity contribution in [2.75, 3.05) is 13.6 Å². The Hall–Kier alpha value is -1.79. The molecule has 0 bridgehead atoms. The maximum atomic E-state index is 13.0. The molecule has 1 fully saturated rings. The standard InChI is InChI=1S/C18H24N4OS/c1-14-20-11-16(24-14)13-21(2)18(23)17-7-3-4-9-22(17)12-15-6-5-8-19-10-15/h5-6,8,10-11,17H,3-4,7,9,12-13H2,1-2H3. The summed E-state index contributed by atoms with van der Waals surface area (Å²) in [6.45, 7) is 4.39. The van der Waals surface area contributed by atoms with Crippen LogP contribution >= 0.6 is 11.3 Å². The van der Waals surface area contributed by atoms with E-state index in [1.54, 1.807) is 17.5 Å². The lowest BCUT2D eigenvalue weighted by molar-refractivity contribution is -0.137. The van der Waals surface area contributed by atoms with Gasteiger partial charge >= 0.3 is 0 Å². The first kappa shape index (κ1) is 17.0. The van der Waals surface area contributed by atoms with Crippen LogP contribution in [0.25, 0.3) is 0 Å². The summed E-state index contributed by atoms with van der Waals surface area (Å²) in [6.07, 6.45) is 8.76. The molecule has 1 amide bonds. The van der Waals surface area contributed by atoms with Crippen LogP contribution in [0.1, 0.15) is 34.7 Å². The zero-order valence-electron chi connectivity index (χ0n) is 14.3. The lowest BCUT2D eigenvalue weighted by Gasteiger charge is -2.36. The molecule has 0 aromatic carbocycles. The Kier molecular flexibility index (Phi) is 5.58. The van der Waals surface area contributed by atoms with Crippen LogP contribution in [-0.2, 0) is 17.9 Å². The van der Waals surface area contributed by atoms with Crippen molar-refractivity contribution in [2.24, 2.45) is 0 Å². The van der Waals surface area contributed by atoms with E-state index in [-0.39, 0.29) is 11.9 Å². The first-order valence-electron chi connectivity index (χ1n) is 8.43. The van der Waals surface area contributed by atoms with Crippen LogP contribution in [0.3, 0.4) is 0 Å². The van der Waals surface area contributed by atoms with E-state index in [9.17, 15) is 4.79 Å². The Labute approximate surface area is 147 Å². The van der Waals surface area contributed by atoms with Crippen molar-refractivity contribution >= 4 is 17.2 Å². The number of piperidine rings is 1. The summed E-state index contributed by atoms with van der Waals surface area (Å²) in [5.41, 5.74) is 1.16. The van der Waals surface area contributed by atoms with Crippen LogP contribution in [0.5, 0.6) is 0 Å². The molecule has 6 heteroatoms. The molecule has 1 atom stereocenters. The van der Waals surface area contributed by atoms with Gasteiger partial charge in [-0.1, -0.05) is 12.5 Å². The molecule has 2 aromatic rings. The van der Waals surface area contributed by atoms with Gasteiger partial charge in [-0.3, -0.25) is 14.7 Å². The minimum absolute atomic E-state index is 0.0297. The summed E-state index contributed by atoms with van der Waals surface area (Å²) in [7, 11) is 1.90. The lowest BCUT2D eigenvalue weighted by atomic mass is 10.00. The van der Waals surface area contributed by atoms with Gasteiger partial charge in [0.2, 0.25) is 5.91 Å². The molecule has 0 radical (unpaired) electrons. The third kappa shape index (κ3) is 4.19. The first-order chi connectivity index (χ1) is 11.6. The zero-order chi connectivity index (χ0) is 16.9. The molecular weight excluding hydrogens is 320 g/mol. The largest absolute Gasteiger partial charge is 0.339 e. The second-order valence-corrected chi connectivity index (χ2v) is 7.70. The maximum Gasteiger partial charge on any atom is 0.240 e. The molecule has 1 aliphatic rings. The van der Waals surface area contributed by atoms with E-state index in [0.717, 1.165) is 47.8 Å². The Bertz CT molecular complexity index is 673. The molecule has 128 valence electrons. The van der Waals surface area contributed by atoms with Crippen LogP contribution in [0.2, 0.25) is 0 Å². The maximum absolute atomic E-state index is 13.0. The first-order valence-corrected chi connectivity index (χ1v) is 9.24. The number of aryl methyl sites for hydroxylation is 1. The average Bonchev–Trinajstić information content (AvgIpc) is 3.00. The van der Waals surface area contributed by atoms with E-state index < -0.39 is 0 Å². The molecule has 1 saturated heterocycles. The summed E-state index contributed by atoms with van der Waals surface area (Å²) in [6, 6.07) is 4.00. The second-order valence-electron chi connectivity index (χ2n) is 6.38. The molecule has 3 rings (SSSR count). The number of aromatic nitrogens is 2. The van der Waals surface area contributed by atoms with Crippen LogP contribution in [0, 0.1) is 6.92 Å². The van der Waals surface area contributed by atoms with Crippen molar-refractivity contribution in [3.8, 4) is 0 Å². The number of likely N-dealkylation sites (tertiary alicyclic amines) is 1. The Morgan fingerprint density at radius 1 is 1.42 bits per heavy atom. The van der Waals surface area contributed by atoms with Gasteiger partial charge in [0.25, 0.3) is 0 Å². The molecule has 1 aliphatic heterocycles. The number of hydrogen-bond donors (Lipinski definition) is 0. The smallest absolute Gasteiger partial charge is 0.240 e. The van der Waals surface area contributed by atoms with E-state index in [2.05, 4.69) is 20.9 Å². The fourth-order valence-electron chi connectivity index (χ4n) is 3.23. The zero-order valence-corrected chi connectivity index (χ0v) is 15.1. The number of pyridine rings is 1. The van der Waals surface area contributed by atoms with Crippen molar-refractivity contribution in [3.05, 3.63) is 46.2 Å². The van der Waals surface area contributed by atoms with Crippen molar-refractivity contribution in [2.45, 2.75) is 45.3 Å². The van der Waals surface area contributed by atoms with Gasteiger partial charge in [0.1, 0.15) is 0 Å². The molecule has 1 unspecified atom stereocenters. The van der Waals surface area contributed by atoms with Crippen molar-refractivity contribution < 1.29 is 4.79 Å². The van der Waals surface area contributed by atoms with E-state index >= 15 is 0 Å². The highest BCUT2D eigenvalue weighted by Gasteiger charge is 2.30. The summed E-state index contributed by atoms with van der Waals surface area (Å²) in [5.74, 6) is 0.213. The lowest BCUT2D eigenvalue weighted by Crippen LogP contribution is -2.49. The van der Waals surface area contributed by atoms with Gasteiger partial charge < -0.3 is 4.90 Å². The van der Waals surface area contributed by atoms with Crippen LogP contribution in [0.4, 0.5) is 0 Å². The number of nitrogens with zero attached hydrogens (tertiary/aromatic N) is 4. The topological polar surface area (TPSA) is 49.3 Å². The molecular formula is C18H24N4OS. The highest BCUT2D eigenvalue weighted by molar-refractivity contribution is 7.11. The van der Waals surface area contributed by atoms with Gasteiger partial charge in [-0.2, -0.15) is 0 Å². The quantitative estimate of drug-likeness (QED) is 0.837. The van der Waals surface area contributed by atoms with Crippen molar-refractivity contribution in [3.63, 3.8) is 0 Å². The normalized spacial score (nSPS) is 18.5. The SMILES string of the molecule is Cc1ncc(CN(C)C(=O)C2CCCCN2Cc2cccnc2)s1. The van der Waals surface area contributed by atoms with Crippen LogP contribution in [-0.4, -0.2) is 45.3 Å². The number of carbonyl (C=O) groups is 1. The van der Waals surface area contributed by atoms with E-state index in [4.69, 9.17) is 0 Å². The predicted molar refractivity (Wildman–Crippen MR) is 95.6 cm³/mol. The van der Waals surface area contributed by atoms with Crippen molar-refractivity contribution in [1.82, 2.24) is 19.8 Å². The molecule has 0 N–H and O–H groups in total. The highest BCUT2D eigenvalue weighted by Crippen LogP contribution is 2.22. The molecule has 0 saturated carbocycles. The third-order valence-corrected chi connectivity index (χ3v) is 5.34. The number of rotatable bonds is 5. The summed E-state index contributed by atoms with van der Waals surface area (Å²) < 4.78 is 0. The molecule has 0 aliphatic carbocycles. The second kappa shape index (κ2) is 7.85. The van der Waals surface area contributed by atoms with Crippen molar-refractivity contribution in [1.29, 1.82) is 0 Å². The number of thiazole rings is 1. The molecule has 3 heterocycles. The van der Waals surface area contributed by atoms with Crippen LogP contribution < -0.4 is 0 Å². The van der Waals surface area contributed by atoms with Gasteiger partial charge in [-0.05, 0) is 37.9 Å². The minimum atomic E-state index is -0.0297. The van der Waals surface area contributed by atoms with E-state index in [1.807, 2.05) is 37.3 Å². The summed E-state index contributed by atoms with van der Waals surface area (Å²) in [5, 5.41) is 1.04. The highest BCUT2D eigenvalue weighted by atomic mass is 32.1. The van der Waals surface area contributed by atoms with Gasteiger partial charge in [0.05, 0.1) is 17.6 Å². The minimum Gasteiger partial charge on any atom is -0.339 e.